The van der Waals surface area contributed by atoms with Crippen molar-refractivity contribution < 1.29 is 28.6 Å². The molecule has 0 spiro atoms. The van der Waals surface area contributed by atoms with Crippen LogP contribution in [0.1, 0.15) is 367 Å². The number of unbranched alkanes of at least 4 members (excludes halogenated alkanes) is 44. The summed E-state index contributed by atoms with van der Waals surface area (Å²) < 4.78 is 17.0. The number of allylic oxidation sites excluding steroid dienone is 8. The second kappa shape index (κ2) is 65.9. The maximum Gasteiger partial charge on any atom is 0.306 e. The Bertz CT molecular complexity index is 1330. The Morgan fingerprint density at radius 3 is 0.727 bits per heavy atom. The summed E-state index contributed by atoms with van der Waals surface area (Å²) in [5.74, 6) is -0.867. The third-order valence-electron chi connectivity index (χ3n) is 15.3. The van der Waals surface area contributed by atoms with Crippen LogP contribution in [0.5, 0.6) is 0 Å². The maximum atomic E-state index is 12.9. The van der Waals surface area contributed by atoms with Gasteiger partial charge in [0.1, 0.15) is 13.2 Å². The highest BCUT2D eigenvalue weighted by Gasteiger charge is 2.19. The van der Waals surface area contributed by atoms with E-state index in [0.717, 1.165) is 83.5 Å². The first-order valence-electron chi connectivity index (χ1n) is 34.1. The normalized spacial score (nSPS) is 12.3. The van der Waals surface area contributed by atoms with Crippen LogP contribution in [0.2, 0.25) is 0 Å². The molecule has 0 aliphatic heterocycles. The van der Waals surface area contributed by atoms with Crippen LogP contribution in [0.15, 0.2) is 48.6 Å². The Balaban J connectivity index is 4.33. The molecule has 0 aromatic rings. The Morgan fingerprint density at radius 1 is 0.260 bits per heavy atom. The van der Waals surface area contributed by atoms with Gasteiger partial charge in [0.15, 0.2) is 6.10 Å². The van der Waals surface area contributed by atoms with Crippen LogP contribution in [0, 0.1) is 0 Å². The van der Waals surface area contributed by atoms with Crippen molar-refractivity contribution in [1.29, 1.82) is 0 Å². The zero-order chi connectivity index (χ0) is 55.7. The van der Waals surface area contributed by atoms with Crippen molar-refractivity contribution in [1.82, 2.24) is 0 Å². The molecule has 0 aliphatic carbocycles. The van der Waals surface area contributed by atoms with Crippen LogP contribution in [-0.2, 0) is 28.6 Å². The molecule has 6 heteroatoms. The Morgan fingerprint density at radius 2 is 0.468 bits per heavy atom. The molecule has 1 atom stereocenters. The van der Waals surface area contributed by atoms with E-state index in [0.29, 0.717) is 19.3 Å². The molecule has 0 amide bonds. The van der Waals surface area contributed by atoms with Gasteiger partial charge in [-0.15, -0.1) is 0 Å². The molecule has 0 rings (SSSR count). The first kappa shape index (κ1) is 74.4. The van der Waals surface area contributed by atoms with E-state index in [1.165, 1.54) is 244 Å². The fourth-order valence-corrected chi connectivity index (χ4v) is 10.2. The molecule has 0 fully saturated rings. The fourth-order valence-electron chi connectivity index (χ4n) is 10.2. The van der Waals surface area contributed by atoms with E-state index in [1.807, 2.05) is 0 Å². The van der Waals surface area contributed by atoms with Gasteiger partial charge < -0.3 is 14.2 Å². The Kier molecular flexibility index (Phi) is 63.6. The molecule has 450 valence electrons. The molecule has 1 unspecified atom stereocenters. The van der Waals surface area contributed by atoms with Crippen molar-refractivity contribution >= 4 is 17.9 Å². The van der Waals surface area contributed by atoms with Crippen LogP contribution in [0.25, 0.3) is 0 Å². The van der Waals surface area contributed by atoms with Gasteiger partial charge in [-0.2, -0.15) is 0 Å². The third-order valence-corrected chi connectivity index (χ3v) is 15.3. The predicted octanol–water partition coefficient (Wildman–Crippen LogP) is 23.3. The summed E-state index contributed by atoms with van der Waals surface area (Å²) in [6.07, 6.45) is 82.6. The summed E-state index contributed by atoms with van der Waals surface area (Å²) in [6.45, 7) is 6.66. The van der Waals surface area contributed by atoms with Crippen molar-refractivity contribution in [2.75, 3.05) is 13.2 Å². The smallest absolute Gasteiger partial charge is 0.306 e. The second-order valence-electron chi connectivity index (χ2n) is 23.1. The van der Waals surface area contributed by atoms with Gasteiger partial charge in [-0.05, 0) is 83.5 Å². The van der Waals surface area contributed by atoms with E-state index in [1.54, 1.807) is 0 Å². The summed E-state index contributed by atoms with van der Waals surface area (Å²) in [7, 11) is 0. The average molecular weight is 1080 g/mol. The molecular formula is C71H130O6. The van der Waals surface area contributed by atoms with E-state index in [9.17, 15) is 14.4 Å². The van der Waals surface area contributed by atoms with Crippen LogP contribution in [-0.4, -0.2) is 37.2 Å². The molecule has 6 nitrogen and oxygen atoms in total. The maximum absolute atomic E-state index is 12.9. The molecule has 0 bridgehead atoms. The molecule has 0 aliphatic rings. The van der Waals surface area contributed by atoms with Crippen molar-refractivity contribution in [3.8, 4) is 0 Å². The van der Waals surface area contributed by atoms with Gasteiger partial charge in [-0.25, -0.2) is 0 Å². The first-order valence-corrected chi connectivity index (χ1v) is 34.1. The van der Waals surface area contributed by atoms with Crippen LogP contribution < -0.4 is 0 Å². The molecule has 0 saturated carbocycles. The highest BCUT2D eigenvalue weighted by Crippen LogP contribution is 2.18. The number of hydrogen-bond acceptors (Lipinski definition) is 6. The quantitative estimate of drug-likeness (QED) is 0.0261. The summed E-state index contributed by atoms with van der Waals surface area (Å²) in [5, 5.41) is 0. The van der Waals surface area contributed by atoms with Crippen molar-refractivity contribution in [2.45, 2.75) is 374 Å². The van der Waals surface area contributed by atoms with Crippen molar-refractivity contribution in [3.05, 3.63) is 48.6 Å². The fraction of sp³-hybridized carbons (Fsp3) is 0.845. The number of esters is 3. The number of rotatable bonds is 63. The summed E-state index contributed by atoms with van der Waals surface area (Å²) in [6, 6.07) is 0. The SMILES string of the molecule is CCCCCC/C=C\C/C=C\CCCCCCCCCC(=O)OCC(COC(=O)CCCCCCCCCCCCCCCCCCCCCCCCC)OC(=O)CCCCCCCCC/C=C\C/C=C\CCCCCC. The number of hydrogen-bond donors (Lipinski definition) is 0. The van der Waals surface area contributed by atoms with Gasteiger partial charge in [-0.3, -0.25) is 14.4 Å². The third kappa shape index (κ3) is 64.1. The summed E-state index contributed by atoms with van der Waals surface area (Å²) in [5.41, 5.74) is 0. The number of ether oxygens (including phenoxy) is 3. The lowest BCUT2D eigenvalue weighted by atomic mass is 10.0. The van der Waals surface area contributed by atoms with E-state index in [4.69, 9.17) is 14.2 Å². The molecule has 0 N–H and O–H groups in total. The van der Waals surface area contributed by atoms with Gasteiger partial charge >= 0.3 is 17.9 Å². The lowest BCUT2D eigenvalue weighted by Gasteiger charge is -2.18. The van der Waals surface area contributed by atoms with E-state index < -0.39 is 6.10 Å². The van der Waals surface area contributed by atoms with Gasteiger partial charge in [-0.1, -0.05) is 313 Å². The largest absolute Gasteiger partial charge is 0.462 e. The molecule has 0 aromatic heterocycles. The lowest BCUT2D eigenvalue weighted by Crippen LogP contribution is -2.30. The van der Waals surface area contributed by atoms with Crippen molar-refractivity contribution in [2.24, 2.45) is 0 Å². The molecule has 0 radical (unpaired) electrons. The molecule has 77 heavy (non-hydrogen) atoms. The summed E-state index contributed by atoms with van der Waals surface area (Å²) >= 11 is 0. The zero-order valence-corrected chi connectivity index (χ0v) is 51.7. The number of carbonyl (C=O) groups is 3. The average Bonchev–Trinajstić information content (AvgIpc) is 3.43. The topological polar surface area (TPSA) is 78.9 Å². The minimum absolute atomic E-state index is 0.0751. The molecule has 0 heterocycles. The highest BCUT2D eigenvalue weighted by molar-refractivity contribution is 5.71. The minimum Gasteiger partial charge on any atom is -0.462 e. The minimum atomic E-state index is -0.781. The van der Waals surface area contributed by atoms with Crippen molar-refractivity contribution in [3.63, 3.8) is 0 Å². The number of carbonyl (C=O) groups excluding carboxylic acids is 3. The van der Waals surface area contributed by atoms with Gasteiger partial charge in [0.05, 0.1) is 0 Å². The second-order valence-corrected chi connectivity index (χ2v) is 23.1. The highest BCUT2D eigenvalue weighted by atomic mass is 16.6. The van der Waals surface area contributed by atoms with Gasteiger partial charge in [0.2, 0.25) is 0 Å². The van der Waals surface area contributed by atoms with E-state index >= 15 is 0 Å². The van der Waals surface area contributed by atoms with Crippen LogP contribution in [0.4, 0.5) is 0 Å². The monoisotopic (exact) mass is 1080 g/mol. The van der Waals surface area contributed by atoms with Crippen LogP contribution in [0.3, 0.4) is 0 Å². The first-order chi connectivity index (χ1) is 38.0. The Labute approximate surface area is 479 Å². The predicted molar refractivity (Wildman–Crippen MR) is 335 cm³/mol. The Hall–Kier alpha value is -2.63. The van der Waals surface area contributed by atoms with Crippen LogP contribution >= 0.6 is 0 Å². The molecule has 0 saturated heterocycles. The lowest BCUT2D eigenvalue weighted by molar-refractivity contribution is -0.167. The van der Waals surface area contributed by atoms with Gasteiger partial charge in [0.25, 0.3) is 0 Å². The van der Waals surface area contributed by atoms with Gasteiger partial charge in [0, 0.05) is 19.3 Å². The van der Waals surface area contributed by atoms with E-state index in [-0.39, 0.29) is 31.1 Å². The standard InChI is InChI=1S/C71H130O6/c1-4-7-10-13-16-19-22-25-28-31-34-35-36-37-38-41-43-46-49-52-55-58-61-64-70(73)76-67-68(77-71(74)65-62-59-56-53-50-47-44-40-33-30-27-24-21-18-15-12-9-6-3)66-75-69(72)63-60-57-54-51-48-45-42-39-32-29-26-23-20-17-14-11-8-5-2/h20-21,23-24,29-30,32-33,68H,4-19,22,25-28,31,34-67H2,1-3H3/b23-20-,24-21-,32-29-,33-30-. The molecular weight excluding hydrogens is 949 g/mol. The summed E-state index contributed by atoms with van der Waals surface area (Å²) in [4.78, 5) is 38.4. The molecule has 0 aromatic carbocycles. The zero-order valence-electron chi connectivity index (χ0n) is 51.7. The van der Waals surface area contributed by atoms with E-state index in [2.05, 4.69) is 69.4 Å².